The zero-order valence-electron chi connectivity index (χ0n) is 12.5. The van der Waals surface area contributed by atoms with Crippen LogP contribution < -0.4 is 15.8 Å². The summed E-state index contributed by atoms with van der Waals surface area (Å²) in [7, 11) is 0. The van der Waals surface area contributed by atoms with Crippen LogP contribution >= 0.6 is 0 Å². The third-order valence-corrected chi connectivity index (χ3v) is 4.38. The number of halogens is 1. The highest BCUT2D eigenvalue weighted by atomic mass is 19.1. The van der Waals surface area contributed by atoms with Gasteiger partial charge in [-0.15, -0.1) is 0 Å². The molecule has 0 unspecified atom stereocenters. The summed E-state index contributed by atoms with van der Waals surface area (Å²) < 4.78 is 19.1. The fraction of sp³-hybridized carbons (Fsp3) is 0.625. The highest BCUT2D eigenvalue weighted by Crippen LogP contribution is 2.44. The lowest BCUT2D eigenvalue weighted by molar-refractivity contribution is 0.145. The smallest absolute Gasteiger partial charge is 0.167 e. The Morgan fingerprint density at radius 1 is 1.35 bits per heavy atom. The first-order valence-electron chi connectivity index (χ1n) is 7.56. The van der Waals surface area contributed by atoms with Gasteiger partial charge in [-0.1, -0.05) is 20.3 Å². The fourth-order valence-electron chi connectivity index (χ4n) is 2.66. The number of nitrogens with one attached hydrogen (secondary N) is 1. The number of benzene rings is 1. The third kappa shape index (κ3) is 3.17. The lowest BCUT2D eigenvalue weighted by atomic mass is 9.67. The van der Waals surface area contributed by atoms with E-state index in [4.69, 9.17) is 10.5 Å². The molecule has 1 aliphatic carbocycles. The van der Waals surface area contributed by atoms with Gasteiger partial charge in [0.2, 0.25) is 0 Å². The molecule has 0 bridgehead atoms. The molecule has 3 N–H and O–H groups in total. The molecular weight excluding hydrogens is 255 g/mol. The van der Waals surface area contributed by atoms with Gasteiger partial charge in [-0.05, 0) is 31.1 Å². The summed E-state index contributed by atoms with van der Waals surface area (Å²) in [6.07, 6.45) is 5.85. The van der Waals surface area contributed by atoms with Crippen LogP contribution in [0.15, 0.2) is 12.1 Å². The van der Waals surface area contributed by atoms with Gasteiger partial charge in [-0.25, -0.2) is 4.39 Å². The van der Waals surface area contributed by atoms with Crippen LogP contribution in [0.4, 0.5) is 15.8 Å². The average molecular weight is 280 g/mol. The molecule has 1 saturated carbocycles. The Balaban J connectivity index is 2.06. The average Bonchev–Trinajstić information content (AvgIpc) is 2.39. The van der Waals surface area contributed by atoms with E-state index in [0.717, 1.165) is 18.7 Å². The molecule has 2 rings (SSSR count). The Morgan fingerprint density at radius 2 is 2.10 bits per heavy atom. The summed E-state index contributed by atoms with van der Waals surface area (Å²) >= 11 is 0. The Hall–Kier alpha value is -1.45. The van der Waals surface area contributed by atoms with E-state index in [-0.39, 0.29) is 5.75 Å². The monoisotopic (exact) mass is 280 g/mol. The number of anilines is 2. The van der Waals surface area contributed by atoms with Gasteiger partial charge in [-0.3, -0.25) is 0 Å². The standard InChI is InChI=1S/C16H25FN2O/c1-3-8-20-15-10-14(13(18)9-12(15)17)19-11-16(4-2)6-5-7-16/h9-10,19H,3-8,11,18H2,1-2H3. The zero-order chi connectivity index (χ0) is 14.6. The molecular formula is C16H25FN2O. The van der Waals surface area contributed by atoms with Crippen LogP contribution in [0.5, 0.6) is 5.75 Å². The van der Waals surface area contributed by atoms with Crippen molar-refractivity contribution in [3.8, 4) is 5.75 Å². The van der Waals surface area contributed by atoms with Crippen LogP contribution in [-0.4, -0.2) is 13.2 Å². The van der Waals surface area contributed by atoms with Crippen molar-refractivity contribution in [3.63, 3.8) is 0 Å². The predicted molar refractivity (Wildman–Crippen MR) is 81.7 cm³/mol. The van der Waals surface area contributed by atoms with E-state index in [0.29, 0.717) is 17.7 Å². The summed E-state index contributed by atoms with van der Waals surface area (Å²) in [5.41, 5.74) is 7.50. The van der Waals surface area contributed by atoms with Crippen molar-refractivity contribution in [2.24, 2.45) is 5.41 Å². The van der Waals surface area contributed by atoms with Crippen LogP contribution in [-0.2, 0) is 0 Å². The topological polar surface area (TPSA) is 47.3 Å². The summed E-state index contributed by atoms with van der Waals surface area (Å²) in [5.74, 6) is -0.113. The minimum absolute atomic E-state index is 0.280. The van der Waals surface area contributed by atoms with Crippen molar-refractivity contribution in [1.29, 1.82) is 0 Å². The molecule has 1 fully saturated rings. The second-order valence-electron chi connectivity index (χ2n) is 5.78. The van der Waals surface area contributed by atoms with Crippen molar-refractivity contribution in [1.82, 2.24) is 0 Å². The van der Waals surface area contributed by atoms with Crippen LogP contribution in [0.1, 0.15) is 46.0 Å². The zero-order valence-corrected chi connectivity index (χ0v) is 12.5. The number of nitrogens with two attached hydrogens (primary N) is 1. The fourth-order valence-corrected chi connectivity index (χ4v) is 2.66. The maximum Gasteiger partial charge on any atom is 0.167 e. The lowest BCUT2D eigenvalue weighted by Gasteiger charge is -2.41. The quantitative estimate of drug-likeness (QED) is 0.736. The Bertz CT molecular complexity index is 453. The van der Waals surface area contributed by atoms with Gasteiger partial charge in [0, 0.05) is 18.7 Å². The van der Waals surface area contributed by atoms with Gasteiger partial charge in [0.25, 0.3) is 0 Å². The van der Waals surface area contributed by atoms with Gasteiger partial charge in [0.1, 0.15) is 0 Å². The van der Waals surface area contributed by atoms with E-state index in [1.807, 2.05) is 6.92 Å². The van der Waals surface area contributed by atoms with Gasteiger partial charge in [0.05, 0.1) is 18.0 Å². The van der Waals surface area contributed by atoms with Crippen molar-refractivity contribution in [2.75, 3.05) is 24.2 Å². The molecule has 20 heavy (non-hydrogen) atoms. The molecule has 1 aromatic rings. The summed E-state index contributed by atoms with van der Waals surface area (Å²) in [6, 6.07) is 3.02. The minimum atomic E-state index is -0.393. The molecule has 3 nitrogen and oxygen atoms in total. The molecule has 0 amide bonds. The van der Waals surface area contributed by atoms with Gasteiger partial charge < -0.3 is 15.8 Å². The van der Waals surface area contributed by atoms with Crippen molar-refractivity contribution >= 4 is 11.4 Å². The number of hydrogen-bond donors (Lipinski definition) is 2. The van der Waals surface area contributed by atoms with Gasteiger partial charge >= 0.3 is 0 Å². The maximum absolute atomic E-state index is 13.7. The first-order valence-corrected chi connectivity index (χ1v) is 7.56. The molecule has 0 radical (unpaired) electrons. The van der Waals surface area contributed by atoms with E-state index in [9.17, 15) is 4.39 Å². The van der Waals surface area contributed by atoms with Crippen LogP contribution in [0.25, 0.3) is 0 Å². The second-order valence-corrected chi connectivity index (χ2v) is 5.78. The summed E-state index contributed by atoms with van der Waals surface area (Å²) in [4.78, 5) is 0. The Morgan fingerprint density at radius 3 is 2.65 bits per heavy atom. The SMILES string of the molecule is CCCOc1cc(NCC2(CC)CCC2)c(N)cc1F. The third-order valence-electron chi connectivity index (χ3n) is 4.38. The molecule has 0 spiro atoms. The molecule has 0 heterocycles. The van der Waals surface area contributed by atoms with Crippen LogP contribution in [0, 0.1) is 11.2 Å². The van der Waals surface area contributed by atoms with Gasteiger partial charge in [-0.2, -0.15) is 0 Å². The molecule has 0 aliphatic heterocycles. The number of hydrogen-bond acceptors (Lipinski definition) is 3. The predicted octanol–water partition coefficient (Wildman–Crippen LogP) is 4.19. The minimum Gasteiger partial charge on any atom is -0.490 e. The van der Waals surface area contributed by atoms with Crippen molar-refractivity contribution in [2.45, 2.75) is 46.0 Å². The number of ether oxygens (including phenoxy) is 1. The molecule has 1 aliphatic rings. The molecule has 112 valence electrons. The normalized spacial score (nSPS) is 16.6. The largest absolute Gasteiger partial charge is 0.490 e. The number of rotatable bonds is 7. The van der Waals surface area contributed by atoms with E-state index in [1.54, 1.807) is 6.07 Å². The summed E-state index contributed by atoms with van der Waals surface area (Å²) in [5, 5.41) is 3.38. The number of nitrogen functional groups attached to an aromatic ring is 1. The Kier molecular flexibility index (Phi) is 4.73. The molecule has 0 saturated heterocycles. The summed E-state index contributed by atoms with van der Waals surface area (Å²) in [6.45, 7) is 5.63. The van der Waals surface area contributed by atoms with E-state index in [2.05, 4.69) is 12.2 Å². The van der Waals surface area contributed by atoms with Gasteiger partial charge in [0.15, 0.2) is 11.6 Å². The Labute approximate surface area is 120 Å². The van der Waals surface area contributed by atoms with Crippen LogP contribution in [0.3, 0.4) is 0 Å². The molecule has 0 aromatic heterocycles. The second kappa shape index (κ2) is 6.33. The molecule has 1 aromatic carbocycles. The van der Waals surface area contributed by atoms with Crippen LogP contribution in [0.2, 0.25) is 0 Å². The first kappa shape index (κ1) is 14.9. The van der Waals surface area contributed by atoms with E-state index in [1.165, 1.54) is 31.7 Å². The maximum atomic E-state index is 13.7. The first-order chi connectivity index (χ1) is 9.60. The van der Waals surface area contributed by atoms with E-state index < -0.39 is 5.82 Å². The lowest BCUT2D eigenvalue weighted by Crippen LogP contribution is -2.36. The molecule has 4 heteroatoms. The van der Waals surface area contributed by atoms with Crippen molar-refractivity contribution in [3.05, 3.63) is 17.9 Å². The molecule has 0 atom stereocenters. The van der Waals surface area contributed by atoms with Crippen molar-refractivity contribution < 1.29 is 9.13 Å². The highest BCUT2D eigenvalue weighted by Gasteiger charge is 2.34. The van der Waals surface area contributed by atoms with E-state index >= 15 is 0 Å². The highest BCUT2D eigenvalue weighted by molar-refractivity contribution is 5.68.